The van der Waals surface area contributed by atoms with Gasteiger partial charge in [-0.3, -0.25) is 9.59 Å². The summed E-state index contributed by atoms with van der Waals surface area (Å²) in [6.45, 7) is 1.57. The van der Waals surface area contributed by atoms with Crippen LogP contribution >= 0.6 is 0 Å². The van der Waals surface area contributed by atoms with Gasteiger partial charge in [0.2, 0.25) is 5.91 Å². The molecule has 2 rings (SSSR count). The third kappa shape index (κ3) is 6.36. The third-order valence-electron chi connectivity index (χ3n) is 3.47. The van der Waals surface area contributed by atoms with Gasteiger partial charge in [0.15, 0.2) is 5.76 Å². The largest absolute Gasteiger partial charge is 0.491 e. The number of ether oxygens (including phenoxy) is 1. The molecule has 0 aliphatic carbocycles. The van der Waals surface area contributed by atoms with Crippen molar-refractivity contribution in [1.82, 2.24) is 10.6 Å². The normalized spacial score (nSPS) is 12.3. The molecule has 0 aliphatic rings. The lowest BCUT2D eigenvalue weighted by atomic mass is 10.2. The van der Waals surface area contributed by atoms with Crippen molar-refractivity contribution in [3.8, 4) is 5.75 Å². The van der Waals surface area contributed by atoms with Gasteiger partial charge in [0.1, 0.15) is 12.4 Å². The predicted molar refractivity (Wildman–Crippen MR) is 90.2 cm³/mol. The number of furan rings is 1. The van der Waals surface area contributed by atoms with Gasteiger partial charge in [0.05, 0.1) is 17.9 Å². The van der Waals surface area contributed by atoms with E-state index in [1.165, 1.54) is 30.5 Å². The van der Waals surface area contributed by atoms with Gasteiger partial charge in [-0.25, -0.2) is 0 Å². The number of amides is 2. The maximum atomic E-state index is 12.9. The van der Waals surface area contributed by atoms with Crippen LogP contribution in [0, 0.1) is 0 Å². The van der Waals surface area contributed by atoms with E-state index in [1.807, 2.05) is 0 Å². The number of rotatable bonds is 8. The first-order chi connectivity index (χ1) is 12.8. The lowest BCUT2D eigenvalue weighted by molar-refractivity contribution is -0.139. The average molecular weight is 384 g/mol. The molecule has 9 heteroatoms. The first kappa shape index (κ1) is 20.3. The van der Waals surface area contributed by atoms with Gasteiger partial charge < -0.3 is 19.8 Å². The quantitative estimate of drug-likeness (QED) is 0.733. The molecular formula is C18H19F3N2O4. The van der Waals surface area contributed by atoms with Gasteiger partial charge in [-0.15, -0.1) is 0 Å². The number of benzene rings is 1. The average Bonchev–Trinajstić information content (AvgIpc) is 3.14. The molecule has 1 unspecified atom stereocenters. The van der Waals surface area contributed by atoms with Crippen LogP contribution in [0.15, 0.2) is 47.1 Å². The molecule has 0 fully saturated rings. The summed E-state index contributed by atoms with van der Waals surface area (Å²) in [6, 6.07) is 7.42. The number of para-hydroxylation sites is 1. The Kier molecular flexibility index (Phi) is 6.86. The number of carbonyl (C=O) groups is 2. The second-order valence-corrected chi connectivity index (χ2v) is 5.76. The molecule has 0 bridgehead atoms. The molecule has 2 aromatic rings. The van der Waals surface area contributed by atoms with Crippen LogP contribution in [0.3, 0.4) is 0 Å². The van der Waals surface area contributed by atoms with Crippen LogP contribution in [0.2, 0.25) is 0 Å². The molecule has 2 N–H and O–H groups in total. The van der Waals surface area contributed by atoms with Crippen molar-refractivity contribution in [2.24, 2.45) is 0 Å². The molecule has 0 aliphatic heterocycles. The van der Waals surface area contributed by atoms with E-state index in [9.17, 15) is 22.8 Å². The molecule has 1 atom stereocenters. The summed E-state index contributed by atoms with van der Waals surface area (Å²) in [5.41, 5.74) is -0.871. The molecule has 1 heterocycles. The summed E-state index contributed by atoms with van der Waals surface area (Å²) in [5.74, 6) is -0.958. The summed E-state index contributed by atoms with van der Waals surface area (Å²) in [6.07, 6.45) is -3.15. The number of carbonyl (C=O) groups excluding carboxylic acids is 2. The number of alkyl halides is 3. The highest BCUT2D eigenvalue weighted by Crippen LogP contribution is 2.35. The highest BCUT2D eigenvalue weighted by Gasteiger charge is 2.34. The number of hydrogen-bond donors (Lipinski definition) is 2. The summed E-state index contributed by atoms with van der Waals surface area (Å²) in [7, 11) is 0. The first-order valence-corrected chi connectivity index (χ1v) is 8.17. The van der Waals surface area contributed by atoms with E-state index >= 15 is 0 Å². The van der Waals surface area contributed by atoms with E-state index in [4.69, 9.17) is 9.15 Å². The smallest absolute Gasteiger partial charge is 0.419 e. The number of hydrogen-bond acceptors (Lipinski definition) is 4. The van der Waals surface area contributed by atoms with Crippen molar-refractivity contribution < 1.29 is 31.9 Å². The van der Waals surface area contributed by atoms with Crippen molar-refractivity contribution in [3.05, 3.63) is 54.0 Å². The minimum Gasteiger partial charge on any atom is -0.491 e. The van der Waals surface area contributed by atoms with Gasteiger partial charge in [0.25, 0.3) is 5.91 Å². The molecule has 0 spiro atoms. The van der Waals surface area contributed by atoms with Crippen LogP contribution < -0.4 is 15.4 Å². The van der Waals surface area contributed by atoms with Crippen LogP contribution in [-0.4, -0.2) is 31.0 Å². The van der Waals surface area contributed by atoms with Crippen molar-refractivity contribution in [2.75, 3.05) is 13.2 Å². The number of halogens is 3. The lowest BCUT2D eigenvalue weighted by Crippen LogP contribution is -2.38. The van der Waals surface area contributed by atoms with Crippen LogP contribution in [0.25, 0.3) is 0 Å². The highest BCUT2D eigenvalue weighted by molar-refractivity contribution is 5.91. The molecule has 0 saturated heterocycles. The van der Waals surface area contributed by atoms with Gasteiger partial charge in [-0.05, 0) is 31.2 Å². The zero-order valence-corrected chi connectivity index (χ0v) is 14.5. The maximum absolute atomic E-state index is 12.9. The molecule has 0 radical (unpaired) electrons. The topological polar surface area (TPSA) is 80.6 Å². The van der Waals surface area contributed by atoms with Gasteiger partial charge in [-0.2, -0.15) is 13.2 Å². The van der Waals surface area contributed by atoms with Crippen LogP contribution in [0.4, 0.5) is 13.2 Å². The molecule has 1 aromatic carbocycles. The van der Waals surface area contributed by atoms with Crippen molar-refractivity contribution in [3.63, 3.8) is 0 Å². The minimum atomic E-state index is -4.52. The molecular weight excluding hydrogens is 365 g/mol. The van der Waals surface area contributed by atoms with Crippen molar-refractivity contribution in [1.29, 1.82) is 0 Å². The number of nitrogens with one attached hydrogen (secondary N) is 2. The Balaban J connectivity index is 1.73. The zero-order valence-electron chi connectivity index (χ0n) is 14.5. The Bertz CT molecular complexity index is 760. The molecule has 146 valence electrons. The molecule has 6 nitrogen and oxygen atoms in total. The van der Waals surface area contributed by atoms with Gasteiger partial charge in [-0.1, -0.05) is 12.1 Å². The van der Waals surface area contributed by atoms with E-state index in [2.05, 4.69) is 10.6 Å². The Labute approximate surface area is 153 Å². The SMILES string of the molecule is CC(COc1ccccc1C(F)(F)F)NC(=O)CCNC(=O)c1ccco1. The monoisotopic (exact) mass is 384 g/mol. The second-order valence-electron chi connectivity index (χ2n) is 5.76. The minimum absolute atomic E-state index is 0.00985. The lowest BCUT2D eigenvalue weighted by Gasteiger charge is -2.18. The Morgan fingerprint density at radius 3 is 2.59 bits per heavy atom. The van der Waals surface area contributed by atoms with Gasteiger partial charge >= 0.3 is 6.18 Å². The van der Waals surface area contributed by atoms with E-state index < -0.39 is 23.7 Å². The summed E-state index contributed by atoms with van der Waals surface area (Å²) in [4.78, 5) is 23.5. The van der Waals surface area contributed by atoms with Crippen LogP contribution in [0.1, 0.15) is 29.5 Å². The van der Waals surface area contributed by atoms with Crippen LogP contribution in [0.5, 0.6) is 5.75 Å². The third-order valence-corrected chi connectivity index (χ3v) is 3.47. The van der Waals surface area contributed by atoms with Crippen molar-refractivity contribution in [2.45, 2.75) is 25.6 Å². The van der Waals surface area contributed by atoms with E-state index in [0.29, 0.717) is 0 Å². The Hall–Kier alpha value is -2.97. The Morgan fingerprint density at radius 1 is 1.19 bits per heavy atom. The standard InChI is InChI=1S/C18H19F3N2O4/c1-12(11-27-14-6-3-2-5-13(14)18(19,20)21)23-16(24)8-9-22-17(25)15-7-4-10-26-15/h2-7,10,12H,8-9,11H2,1H3,(H,22,25)(H,23,24). The molecule has 27 heavy (non-hydrogen) atoms. The summed E-state index contributed by atoms with van der Waals surface area (Å²) < 4.78 is 48.8. The van der Waals surface area contributed by atoms with E-state index in [-0.39, 0.29) is 37.0 Å². The summed E-state index contributed by atoms with van der Waals surface area (Å²) in [5, 5.41) is 5.12. The van der Waals surface area contributed by atoms with Crippen LogP contribution in [-0.2, 0) is 11.0 Å². The maximum Gasteiger partial charge on any atom is 0.419 e. The van der Waals surface area contributed by atoms with E-state index in [0.717, 1.165) is 6.07 Å². The molecule has 1 aromatic heterocycles. The second kappa shape index (κ2) is 9.11. The predicted octanol–water partition coefficient (Wildman–Crippen LogP) is 3.00. The fourth-order valence-corrected chi connectivity index (χ4v) is 2.21. The zero-order chi connectivity index (χ0) is 19.9. The highest BCUT2D eigenvalue weighted by atomic mass is 19.4. The van der Waals surface area contributed by atoms with Gasteiger partial charge in [0, 0.05) is 13.0 Å². The summed E-state index contributed by atoms with van der Waals surface area (Å²) >= 11 is 0. The molecule has 0 saturated carbocycles. The fraction of sp³-hybridized carbons (Fsp3) is 0.333. The van der Waals surface area contributed by atoms with E-state index in [1.54, 1.807) is 13.0 Å². The van der Waals surface area contributed by atoms with Crippen molar-refractivity contribution >= 4 is 11.8 Å². The molecule has 2 amide bonds. The first-order valence-electron chi connectivity index (χ1n) is 8.17. The Morgan fingerprint density at radius 2 is 1.93 bits per heavy atom. The fourth-order valence-electron chi connectivity index (χ4n) is 2.21.